The van der Waals surface area contributed by atoms with Gasteiger partial charge >= 0.3 is 0 Å². The second kappa shape index (κ2) is 9.04. The third-order valence-electron chi connectivity index (χ3n) is 4.55. The fourth-order valence-electron chi connectivity index (χ4n) is 3.18. The zero-order valence-corrected chi connectivity index (χ0v) is 14.9. The second-order valence-electron chi connectivity index (χ2n) is 6.48. The first-order chi connectivity index (χ1) is 12.7. The molecule has 1 saturated heterocycles. The highest BCUT2D eigenvalue weighted by atomic mass is 16.2. The van der Waals surface area contributed by atoms with Gasteiger partial charge in [0.1, 0.15) is 0 Å². The summed E-state index contributed by atoms with van der Waals surface area (Å²) in [6.07, 6.45) is 3.89. The number of anilines is 2. The van der Waals surface area contributed by atoms with Gasteiger partial charge in [-0.25, -0.2) is 0 Å². The van der Waals surface area contributed by atoms with Crippen molar-refractivity contribution in [2.24, 2.45) is 0 Å². The van der Waals surface area contributed by atoms with Gasteiger partial charge in [0, 0.05) is 31.6 Å². The van der Waals surface area contributed by atoms with E-state index < -0.39 is 0 Å². The summed E-state index contributed by atoms with van der Waals surface area (Å²) in [6, 6.07) is 16.9. The Hall–Kier alpha value is -2.82. The number of hydrogen-bond acceptors (Lipinski definition) is 3. The minimum Gasteiger partial charge on any atom is -0.370 e. The predicted molar refractivity (Wildman–Crippen MR) is 105 cm³/mol. The third-order valence-corrected chi connectivity index (χ3v) is 4.55. The Kier molecular flexibility index (Phi) is 6.25. The molecule has 2 amide bonds. The molecular formula is C21H25N3O2. The lowest BCUT2D eigenvalue weighted by Crippen LogP contribution is -2.31. The molecule has 1 fully saturated rings. The Morgan fingerprint density at radius 2 is 1.58 bits per heavy atom. The van der Waals surface area contributed by atoms with Gasteiger partial charge in [0.05, 0.1) is 11.4 Å². The number of amides is 2. The van der Waals surface area contributed by atoms with Gasteiger partial charge in [-0.2, -0.15) is 0 Å². The lowest BCUT2D eigenvalue weighted by atomic mass is 10.1. The molecule has 5 nitrogen and oxygen atoms in total. The maximum atomic E-state index is 12.3. The van der Waals surface area contributed by atoms with Gasteiger partial charge < -0.3 is 15.5 Å². The van der Waals surface area contributed by atoms with E-state index in [1.165, 1.54) is 19.3 Å². The lowest BCUT2D eigenvalue weighted by Gasteiger charge is -2.30. The van der Waals surface area contributed by atoms with Crippen molar-refractivity contribution in [3.63, 3.8) is 0 Å². The number of para-hydroxylation sites is 2. The van der Waals surface area contributed by atoms with Crippen LogP contribution in [-0.2, 0) is 4.79 Å². The molecular weight excluding hydrogens is 326 g/mol. The first-order valence-electron chi connectivity index (χ1n) is 9.21. The molecule has 0 bridgehead atoms. The van der Waals surface area contributed by atoms with Gasteiger partial charge in [0.15, 0.2) is 0 Å². The smallest absolute Gasteiger partial charge is 0.251 e. The quantitative estimate of drug-likeness (QED) is 0.838. The number of hydrogen-bond donors (Lipinski definition) is 2. The number of carbonyl (C=O) groups is 2. The summed E-state index contributed by atoms with van der Waals surface area (Å²) in [5.74, 6) is -0.255. The summed E-state index contributed by atoms with van der Waals surface area (Å²) in [4.78, 5) is 26.6. The van der Waals surface area contributed by atoms with Crippen LogP contribution < -0.4 is 15.5 Å². The summed E-state index contributed by atoms with van der Waals surface area (Å²) in [5, 5.41) is 5.77. The Bertz CT molecular complexity index is 740. The van der Waals surface area contributed by atoms with E-state index in [-0.39, 0.29) is 18.2 Å². The maximum Gasteiger partial charge on any atom is 0.251 e. The van der Waals surface area contributed by atoms with Gasteiger partial charge in [-0.15, -0.1) is 0 Å². The summed E-state index contributed by atoms with van der Waals surface area (Å²) in [7, 11) is 0. The van der Waals surface area contributed by atoms with Crippen LogP contribution in [-0.4, -0.2) is 31.4 Å². The van der Waals surface area contributed by atoms with Crippen LogP contribution in [0.4, 0.5) is 11.4 Å². The molecule has 1 aliphatic rings. The molecule has 26 heavy (non-hydrogen) atoms. The zero-order valence-electron chi connectivity index (χ0n) is 14.9. The van der Waals surface area contributed by atoms with Crippen LogP contribution in [0.2, 0.25) is 0 Å². The molecule has 3 rings (SSSR count). The first-order valence-corrected chi connectivity index (χ1v) is 9.21. The van der Waals surface area contributed by atoms with E-state index in [4.69, 9.17) is 0 Å². The highest BCUT2D eigenvalue weighted by molar-refractivity contribution is 5.96. The summed E-state index contributed by atoms with van der Waals surface area (Å²) in [5.41, 5.74) is 2.52. The van der Waals surface area contributed by atoms with E-state index in [9.17, 15) is 9.59 Å². The molecule has 0 spiro atoms. The van der Waals surface area contributed by atoms with Crippen molar-refractivity contribution in [1.29, 1.82) is 0 Å². The van der Waals surface area contributed by atoms with E-state index >= 15 is 0 Å². The largest absolute Gasteiger partial charge is 0.370 e. The summed E-state index contributed by atoms with van der Waals surface area (Å²) in [6.45, 7) is 2.37. The first kappa shape index (κ1) is 18.0. The van der Waals surface area contributed by atoms with Crippen LogP contribution in [0.25, 0.3) is 0 Å². The van der Waals surface area contributed by atoms with E-state index in [0.29, 0.717) is 12.1 Å². The number of rotatable bonds is 6. The molecule has 0 saturated carbocycles. The van der Waals surface area contributed by atoms with Crippen molar-refractivity contribution in [3.05, 3.63) is 60.2 Å². The van der Waals surface area contributed by atoms with Crippen molar-refractivity contribution in [1.82, 2.24) is 5.32 Å². The van der Waals surface area contributed by atoms with Crippen LogP contribution in [0, 0.1) is 0 Å². The predicted octanol–water partition coefficient (Wildman–Crippen LogP) is 3.44. The minimum absolute atomic E-state index is 0.0946. The minimum atomic E-state index is -0.160. The fraction of sp³-hybridized carbons (Fsp3) is 0.333. The second-order valence-corrected chi connectivity index (χ2v) is 6.48. The third kappa shape index (κ3) is 4.85. The Labute approximate surface area is 154 Å². The number of nitrogens with zero attached hydrogens (tertiary/aromatic N) is 1. The van der Waals surface area contributed by atoms with Crippen LogP contribution in [0.15, 0.2) is 54.6 Å². The number of piperidine rings is 1. The fourth-order valence-corrected chi connectivity index (χ4v) is 3.18. The molecule has 0 radical (unpaired) electrons. The molecule has 2 aromatic rings. The van der Waals surface area contributed by atoms with Gasteiger partial charge in [-0.05, 0) is 43.5 Å². The molecule has 0 unspecified atom stereocenters. The van der Waals surface area contributed by atoms with Gasteiger partial charge in [0.25, 0.3) is 5.91 Å². The van der Waals surface area contributed by atoms with Crippen molar-refractivity contribution in [3.8, 4) is 0 Å². The Morgan fingerprint density at radius 3 is 2.35 bits per heavy atom. The molecule has 2 N–H and O–H groups in total. The average molecular weight is 351 g/mol. The Morgan fingerprint density at radius 1 is 0.885 bits per heavy atom. The topological polar surface area (TPSA) is 61.4 Å². The van der Waals surface area contributed by atoms with Crippen LogP contribution >= 0.6 is 0 Å². The van der Waals surface area contributed by atoms with Crippen molar-refractivity contribution < 1.29 is 9.59 Å². The summed E-state index contributed by atoms with van der Waals surface area (Å²) >= 11 is 0. The average Bonchev–Trinajstić information content (AvgIpc) is 2.69. The molecule has 1 aliphatic heterocycles. The van der Waals surface area contributed by atoms with Crippen molar-refractivity contribution in [2.45, 2.75) is 25.7 Å². The molecule has 136 valence electrons. The van der Waals surface area contributed by atoms with Crippen LogP contribution in [0.5, 0.6) is 0 Å². The van der Waals surface area contributed by atoms with Gasteiger partial charge in [0.2, 0.25) is 5.91 Å². The number of carbonyl (C=O) groups excluding carboxylic acids is 2. The Balaban J connectivity index is 1.51. The van der Waals surface area contributed by atoms with Crippen LogP contribution in [0.1, 0.15) is 36.0 Å². The summed E-state index contributed by atoms with van der Waals surface area (Å²) < 4.78 is 0. The number of nitrogens with one attached hydrogen (secondary N) is 2. The highest BCUT2D eigenvalue weighted by Gasteiger charge is 2.15. The van der Waals surface area contributed by atoms with E-state index in [2.05, 4.69) is 21.6 Å². The molecule has 0 atom stereocenters. The standard InChI is InChI=1S/C21H25N3O2/c25-20(13-14-22-21(26)17-9-3-1-4-10-17)23-18-11-5-6-12-19(18)24-15-7-2-8-16-24/h1,3-6,9-12H,2,7-8,13-16H2,(H,22,26)(H,23,25). The molecule has 1 heterocycles. The van der Waals surface area contributed by atoms with Gasteiger partial charge in [-0.3, -0.25) is 9.59 Å². The number of benzene rings is 2. The maximum absolute atomic E-state index is 12.3. The molecule has 5 heteroatoms. The lowest BCUT2D eigenvalue weighted by molar-refractivity contribution is -0.116. The van der Waals surface area contributed by atoms with E-state index in [1.54, 1.807) is 12.1 Å². The van der Waals surface area contributed by atoms with Gasteiger partial charge in [-0.1, -0.05) is 30.3 Å². The normalized spacial score (nSPS) is 13.9. The van der Waals surface area contributed by atoms with Crippen LogP contribution in [0.3, 0.4) is 0 Å². The molecule has 0 aliphatic carbocycles. The van der Waals surface area contributed by atoms with E-state index in [1.807, 2.05) is 36.4 Å². The SMILES string of the molecule is O=C(CCNC(=O)c1ccccc1)Nc1ccccc1N1CCCCC1. The molecule has 0 aromatic heterocycles. The highest BCUT2D eigenvalue weighted by Crippen LogP contribution is 2.28. The van der Waals surface area contributed by atoms with Crippen molar-refractivity contribution >= 4 is 23.2 Å². The van der Waals surface area contributed by atoms with Crippen molar-refractivity contribution in [2.75, 3.05) is 29.9 Å². The van der Waals surface area contributed by atoms with E-state index in [0.717, 1.165) is 24.5 Å². The zero-order chi connectivity index (χ0) is 18.2. The monoisotopic (exact) mass is 351 g/mol. The molecule has 2 aromatic carbocycles.